The van der Waals surface area contributed by atoms with Crippen molar-refractivity contribution in [3.63, 3.8) is 0 Å². The van der Waals surface area contributed by atoms with E-state index in [4.69, 9.17) is 0 Å². The van der Waals surface area contributed by atoms with Gasteiger partial charge in [0, 0.05) is 18.6 Å². The molecule has 1 aliphatic heterocycles. The van der Waals surface area contributed by atoms with Crippen molar-refractivity contribution >= 4 is 10.0 Å². The number of hydrogen-bond acceptors (Lipinski definition) is 4. The Morgan fingerprint density at radius 2 is 2.00 bits per heavy atom. The molecule has 1 aliphatic carbocycles. The number of sulfonamides is 1. The molecular formula is C13H27N3O2S. The smallest absolute Gasteiger partial charge is 0.211 e. The minimum Gasteiger partial charge on any atom is -0.314 e. The minimum absolute atomic E-state index is 0.109. The van der Waals surface area contributed by atoms with Crippen LogP contribution in [0.5, 0.6) is 0 Å². The highest BCUT2D eigenvalue weighted by atomic mass is 32.2. The fourth-order valence-electron chi connectivity index (χ4n) is 2.67. The van der Waals surface area contributed by atoms with Crippen LogP contribution in [0.3, 0.4) is 0 Å². The highest BCUT2D eigenvalue weighted by Gasteiger charge is 2.27. The number of likely N-dealkylation sites (tertiary alicyclic amines) is 1. The van der Waals surface area contributed by atoms with Crippen molar-refractivity contribution in [2.45, 2.75) is 44.7 Å². The first-order valence-electron chi connectivity index (χ1n) is 7.38. The van der Waals surface area contributed by atoms with Gasteiger partial charge in [-0.3, -0.25) is 0 Å². The van der Waals surface area contributed by atoms with E-state index in [1.807, 2.05) is 0 Å². The van der Waals surface area contributed by atoms with Crippen molar-refractivity contribution in [2.24, 2.45) is 5.92 Å². The van der Waals surface area contributed by atoms with Crippen molar-refractivity contribution in [1.82, 2.24) is 14.9 Å². The zero-order chi connectivity index (χ0) is 13.9. The fourth-order valence-corrected chi connectivity index (χ4v) is 4.13. The molecule has 1 saturated carbocycles. The summed E-state index contributed by atoms with van der Waals surface area (Å²) in [6.07, 6.45) is 4.11. The number of hydrogen-bond donors (Lipinski definition) is 2. The van der Waals surface area contributed by atoms with Crippen LogP contribution in [0.15, 0.2) is 0 Å². The monoisotopic (exact) mass is 289 g/mol. The third-order valence-corrected chi connectivity index (χ3v) is 5.53. The molecule has 2 atom stereocenters. The minimum atomic E-state index is -3.12. The number of rotatable bonds is 7. The molecule has 0 aromatic rings. The summed E-state index contributed by atoms with van der Waals surface area (Å²) < 4.78 is 27.0. The van der Waals surface area contributed by atoms with Crippen LogP contribution in [-0.4, -0.2) is 57.8 Å². The van der Waals surface area contributed by atoms with Crippen LogP contribution in [-0.2, 0) is 10.0 Å². The van der Waals surface area contributed by atoms with Crippen molar-refractivity contribution in [1.29, 1.82) is 0 Å². The van der Waals surface area contributed by atoms with Gasteiger partial charge in [0.15, 0.2) is 0 Å². The van der Waals surface area contributed by atoms with Gasteiger partial charge >= 0.3 is 0 Å². The van der Waals surface area contributed by atoms with Gasteiger partial charge in [0.1, 0.15) is 0 Å². The average Bonchev–Trinajstić information content (AvgIpc) is 3.12. The second kappa shape index (κ2) is 6.52. The van der Waals surface area contributed by atoms with Gasteiger partial charge in [0.2, 0.25) is 10.0 Å². The van der Waals surface area contributed by atoms with Crippen molar-refractivity contribution in [3.8, 4) is 0 Å². The molecule has 0 radical (unpaired) electrons. The quantitative estimate of drug-likeness (QED) is 0.666. The molecule has 1 saturated heterocycles. The molecule has 2 unspecified atom stereocenters. The molecule has 112 valence electrons. The molecule has 2 N–H and O–H groups in total. The molecule has 6 heteroatoms. The zero-order valence-corrected chi connectivity index (χ0v) is 12.9. The Morgan fingerprint density at radius 3 is 2.63 bits per heavy atom. The van der Waals surface area contributed by atoms with E-state index in [0.717, 1.165) is 26.1 Å². The van der Waals surface area contributed by atoms with Gasteiger partial charge in [-0.1, -0.05) is 6.92 Å². The first-order valence-corrected chi connectivity index (χ1v) is 9.03. The summed E-state index contributed by atoms with van der Waals surface area (Å²) in [5, 5.41) is 3.35. The maximum atomic E-state index is 12.0. The molecule has 5 nitrogen and oxygen atoms in total. The first kappa shape index (κ1) is 15.2. The predicted octanol–water partition coefficient (Wildman–Crippen LogP) is 0.388. The lowest BCUT2D eigenvalue weighted by atomic mass is 9.95. The van der Waals surface area contributed by atoms with Crippen LogP contribution in [0.1, 0.15) is 32.6 Å². The second-order valence-electron chi connectivity index (χ2n) is 6.15. The normalized spacial score (nSPS) is 29.6. The van der Waals surface area contributed by atoms with Crippen molar-refractivity contribution < 1.29 is 8.42 Å². The zero-order valence-electron chi connectivity index (χ0n) is 12.1. The molecule has 2 fully saturated rings. The summed E-state index contributed by atoms with van der Waals surface area (Å²) in [5.41, 5.74) is 0. The van der Waals surface area contributed by atoms with E-state index in [0.29, 0.717) is 18.4 Å². The van der Waals surface area contributed by atoms with Gasteiger partial charge in [-0.15, -0.1) is 0 Å². The maximum absolute atomic E-state index is 12.0. The molecule has 19 heavy (non-hydrogen) atoms. The molecule has 0 spiro atoms. The third-order valence-electron chi connectivity index (χ3n) is 4.04. The highest BCUT2D eigenvalue weighted by molar-refractivity contribution is 7.89. The van der Waals surface area contributed by atoms with E-state index >= 15 is 0 Å². The Kier molecular flexibility index (Phi) is 5.22. The molecule has 0 bridgehead atoms. The van der Waals surface area contributed by atoms with Gasteiger partial charge in [-0.05, 0) is 51.7 Å². The number of piperidine rings is 1. The lowest BCUT2D eigenvalue weighted by Crippen LogP contribution is -2.49. The van der Waals surface area contributed by atoms with Crippen LogP contribution >= 0.6 is 0 Å². The van der Waals surface area contributed by atoms with Gasteiger partial charge in [-0.2, -0.15) is 0 Å². The van der Waals surface area contributed by atoms with E-state index in [2.05, 4.69) is 28.9 Å². The summed E-state index contributed by atoms with van der Waals surface area (Å²) in [5.74, 6) is 0.629. The SMILES string of the molecule is CC1CN(C)CCC1NS(=O)(=O)CCCNC1CC1. The van der Waals surface area contributed by atoms with Crippen LogP contribution in [0, 0.1) is 5.92 Å². The molecule has 0 aromatic heterocycles. The summed E-state index contributed by atoms with van der Waals surface area (Å²) in [7, 11) is -1.03. The summed E-state index contributed by atoms with van der Waals surface area (Å²) in [6, 6.07) is 0.766. The van der Waals surface area contributed by atoms with Gasteiger partial charge < -0.3 is 10.2 Å². The molecule has 0 aromatic carbocycles. The van der Waals surface area contributed by atoms with E-state index < -0.39 is 10.0 Å². The Morgan fingerprint density at radius 1 is 1.26 bits per heavy atom. The molecule has 2 aliphatic rings. The first-order chi connectivity index (χ1) is 8.96. The van der Waals surface area contributed by atoms with Crippen LogP contribution in [0.2, 0.25) is 0 Å². The lowest BCUT2D eigenvalue weighted by molar-refractivity contribution is 0.188. The van der Waals surface area contributed by atoms with Crippen molar-refractivity contribution in [2.75, 3.05) is 32.4 Å². The summed E-state index contributed by atoms with van der Waals surface area (Å²) in [4.78, 5) is 2.26. The Hall–Kier alpha value is -0.170. The molecular weight excluding hydrogens is 262 g/mol. The summed E-state index contributed by atoms with van der Waals surface area (Å²) >= 11 is 0. The van der Waals surface area contributed by atoms with Crippen LogP contribution in [0.25, 0.3) is 0 Å². The number of nitrogens with one attached hydrogen (secondary N) is 2. The lowest BCUT2D eigenvalue weighted by Gasteiger charge is -2.34. The topological polar surface area (TPSA) is 61.4 Å². The number of nitrogens with zero attached hydrogens (tertiary/aromatic N) is 1. The third kappa shape index (κ3) is 5.38. The Bertz CT molecular complexity index is 381. The summed E-state index contributed by atoms with van der Waals surface area (Å²) in [6.45, 7) is 4.88. The molecule has 2 rings (SSSR count). The standard InChI is InChI=1S/C13H27N3O2S/c1-11-10-16(2)8-6-13(11)15-19(17,18)9-3-7-14-12-4-5-12/h11-15H,3-10H2,1-2H3. The van der Waals surface area contributed by atoms with Gasteiger partial charge in [-0.25, -0.2) is 13.1 Å². The largest absolute Gasteiger partial charge is 0.314 e. The van der Waals surface area contributed by atoms with Gasteiger partial charge in [0.25, 0.3) is 0 Å². The fraction of sp³-hybridized carbons (Fsp3) is 1.00. The highest BCUT2D eigenvalue weighted by Crippen LogP contribution is 2.18. The second-order valence-corrected chi connectivity index (χ2v) is 8.03. The van der Waals surface area contributed by atoms with Gasteiger partial charge in [0.05, 0.1) is 5.75 Å². The average molecular weight is 289 g/mol. The van der Waals surface area contributed by atoms with Crippen LogP contribution < -0.4 is 10.0 Å². The maximum Gasteiger partial charge on any atom is 0.211 e. The van der Waals surface area contributed by atoms with E-state index in [1.54, 1.807) is 0 Å². The molecule has 1 heterocycles. The van der Waals surface area contributed by atoms with E-state index in [-0.39, 0.29) is 11.8 Å². The van der Waals surface area contributed by atoms with Crippen LogP contribution in [0.4, 0.5) is 0 Å². The Labute approximate surface area is 117 Å². The van der Waals surface area contributed by atoms with E-state index in [9.17, 15) is 8.42 Å². The molecule has 0 amide bonds. The van der Waals surface area contributed by atoms with Crippen molar-refractivity contribution in [3.05, 3.63) is 0 Å². The predicted molar refractivity (Wildman–Crippen MR) is 77.6 cm³/mol. The van der Waals surface area contributed by atoms with E-state index in [1.165, 1.54) is 12.8 Å². The Balaban J connectivity index is 1.69.